The number of rotatable bonds is 6. The van der Waals surface area contributed by atoms with Crippen molar-refractivity contribution in [2.45, 2.75) is 52.9 Å². The molecule has 0 spiro atoms. The van der Waals surface area contributed by atoms with Crippen molar-refractivity contribution in [3.05, 3.63) is 34.9 Å². The number of benzene rings is 1. The third-order valence-electron chi connectivity index (χ3n) is 3.09. The van der Waals surface area contributed by atoms with Crippen LogP contribution in [0.1, 0.15) is 60.5 Å². The molecule has 0 saturated carbocycles. The molecule has 0 N–H and O–H groups in total. The number of aryl methyl sites for hydroxylation is 2. The molecule has 0 radical (unpaired) electrons. The lowest BCUT2D eigenvalue weighted by Crippen LogP contribution is -1.99. The van der Waals surface area contributed by atoms with Gasteiger partial charge in [0.1, 0.15) is 0 Å². The first-order chi connectivity index (χ1) is 7.65. The van der Waals surface area contributed by atoms with Crippen LogP contribution in [0.2, 0.25) is 0 Å². The van der Waals surface area contributed by atoms with Crippen molar-refractivity contribution in [3.8, 4) is 0 Å². The van der Waals surface area contributed by atoms with Gasteiger partial charge in [-0.15, -0.1) is 0 Å². The highest BCUT2D eigenvalue weighted by atomic mass is 16.1. The predicted molar refractivity (Wildman–Crippen MR) is 69.0 cm³/mol. The molecule has 88 valence electrons. The smallest absolute Gasteiger partial charge is 0.162 e. The highest BCUT2D eigenvalue weighted by Crippen LogP contribution is 2.13. The van der Waals surface area contributed by atoms with E-state index in [4.69, 9.17) is 0 Å². The van der Waals surface area contributed by atoms with Crippen molar-refractivity contribution >= 4 is 5.78 Å². The molecule has 0 bridgehead atoms. The fourth-order valence-electron chi connectivity index (χ4n) is 1.77. The van der Waals surface area contributed by atoms with Crippen molar-refractivity contribution in [1.82, 2.24) is 0 Å². The van der Waals surface area contributed by atoms with Crippen LogP contribution >= 0.6 is 0 Å². The second-order valence-electron chi connectivity index (χ2n) is 4.53. The molecule has 0 amide bonds. The average molecular weight is 218 g/mol. The quantitative estimate of drug-likeness (QED) is 0.509. The predicted octanol–water partition coefficient (Wildman–Crippen LogP) is 4.46. The zero-order valence-electron chi connectivity index (χ0n) is 10.7. The van der Waals surface area contributed by atoms with E-state index >= 15 is 0 Å². The van der Waals surface area contributed by atoms with Crippen LogP contribution in [-0.2, 0) is 0 Å². The van der Waals surface area contributed by atoms with Gasteiger partial charge < -0.3 is 0 Å². The Hall–Kier alpha value is -1.11. The number of carbonyl (C=O) groups is 1. The minimum atomic E-state index is 0.291. The number of unbranched alkanes of at least 4 members (excludes halogenated alkanes) is 3. The molecule has 16 heavy (non-hydrogen) atoms. The SMILES string of the molecule is CCCCCCC(=O)c1ccc(C)c(C)c1. The number of carbonyl (C=O) groups excluding carboxylic acids is 1. The average Bonchev–Trinajstić information content (AvgIpc) is 2.28. The van der Waals surface area contributed by atoms with E-state index in [2.05, 4.69) is 20.8 Å². The van der Waals surface area contributed by atoms with Crippen LogP contribution in [0.15, 0.2) is 18.2 Å². The molecule has 1 aromatic rings. The monoisotopic (exact) mass is 218 g/mol. The molecule has 1 rings (SSSR count). The number of ketones is 1. The number of hydrogen-bond donors (Lipinski definition) is 0. The van der Waals surface area contributed by atoms with Crippen LogP contribution < -0.4 is 0 Å². The van der Waals surface area contributed by atoms with Gasteiger partial charge in [-0.1, -0.05) is 38.3 Å². The minimum Gasteiger partial charge on any atom is -0.294 e. The summed E-state index contributed by atoms with van der Waals surface area (Å²) in [4.78, 5) is 11.9. The summed E-state index contributed by atoms with van der Waals surface area (Å²) in [6.07, 6.45) is 5.35. The first kappa shape index (κ1) is 13.0. The second-order valence-corrected chi connectivity index (χ2v) is 4.53. The molecule has 0 aliphatic rings. The van der Waals surface area contributed by atoms with E-state index in [1.165, 1.54) is 30.4 Å². The largest absolute Gasteiger partial charge is 0.294 e. The summed E-state index contributed by atoms with van der Waals surface area (Å²) in [5.74, 6) is 0.291. The lowest BCUT2D eigenvalue weighted by Gasteiger charge is -2.04. The summed E-state index contributed by atoms with van der Waals surface area (Å²) in [5.41, 5.74) is 3.33. The molecule has 0 aromatic heterocycles. The van der Waals surface area contributed by atoms with Gasteiger partial charge in [0.2, 0.25) is 0 Å². The molecule has 0 atom stereocenters. The van der Waals surface area contributed by atoms with Gasteiger partial charge in [0.15, 0.2) is 5.78 Å². The zero-order valence-corrected chi connectivity index (χ0v) is 10.7. The molecule has 1 nitrogen and oxygen atoms in total. The molecule has 0 fully saturated rings. The standard InChI is InChI=1S/C15H22O/c1-4-5-6-7-8-15(16)14-10-9-12(2)13(3)11-14/h9-11H,4-8H2,1-3H3. The van der Waals surface area contributed by atoms with E-state index in [9.17, 15) is 4.79 Å². The lowest BCUT2D eigenvalue weighted by molar-refractivity contribution is 0.0979. The van der Waals surface area contributed by atoms with Crippen LogP contribution in [0.3, 0.4) is 0 Å². The van der Waals surface area contributed by atoms with Gasteiger partial charge in [-0.25, -0.2) is 0 Å². The van der Waals surface area contributed by atoms with Gasteiger partial charge in [0.25, 0.3) is 0 Å². The maximum absolute atomic E-state index is 11.9. The van der Waals surface area contributed by atoms with Crippen molar-refractivity contribution in [1.29, 1.82) is 0 Å². The van der Waals surface area contributed by atoms with Crippen molar-refractivity contribution in [2.24, 2.45) is 0 Å². The Labute approximate surface area is 98.9 Å². The summed E-state index contributed by atoms with van der Waals surface area (Å²) in [6.45, 7) is 6.32. The molecular formula is C15H22O. The van der Waals surface area contributed by atoms with Gasteiger partial charge in [0, 0.05) is 12.0 Å². The van der Waals surface area contributed by atoms with Gasteiger partial charge in [0.05, 0.1) is 0 Å². The fourth-order valence-corrected chi connectivity index (χ4v) is 1.77. The Morgan fingerprint density at radius 3 is 2.44 bits per heavy atom. The summed E-state index contributed by atoms with van der Waals surface area (Å²) in [7, 11) is 0. The normalized spacial score (nSPS) is 10.4. The Balaban J connectivity index is 2.50. The summed E-state index contributed by atoms with van der Waals surface area (Å²) >= 11 is 0. The molecule has 0 heterocycles. The fraction of sp³-hybridized carbons (Fsp3) is 0.533. The van der Waals surface area contributed by atoms with E-state index in [0.717, 1.165) is 12.0 Å². The van der Waals surface area contributed by atoms with Crippen LogP contribution in [0.4, 0.5) is 0 Å². The highest BCUT2D eigenvalue weighted by molar-refractivity contribution is 5.96. The third kappa shape index (κ3) is 3.80. The first-order valence-corrected chi connectivity index (χ1v) is 6.25. The maximum atomic E-state index is 11.9. The molecular weight excluding hydrogens is 196 g/mol. The number of Topliss-reactive ketones (excluding diaryl/α,β-unsaturated/α-hetero) is 1. The molecule has 0 saturated heterocycles. The Bertz CT molecular complexity index is 352. The van der Waals surface area contributed by atoms with E-state index in [1.54, 1.807) is 0 Å². The highest BCUT2D eigenvalue weighted by Gasteiger charge is 2.06. The summed E-state index contributed by atoms with van der Waals surface area (Å²) in [6, 6.07) is 6.00. The van der Waals surface area contributed by atoms with E-state index in [1.807, 2.05) is 18.2 Å². The van der Waals surface area contributed by atoms with E-state index < -0.39 is 0 Å². The molecule has 1 aromatic carbocycles. The zero-order chi connectivity index (χ0) is 12.0. The van der Waals surface area contributed by atoms with Crippen LogP contribution in [0.25, 0.3) is 0 Å². The van der Waals surface area contributed by atoms with Gasteiger partial charge >= 0.3 is 0 Å². The van der Waals surface area contributed by atoms with Crippen LogP contribution in [0.5, 0.6) is 0 Å². The van der Waals surface area contributed by atoms with Gasteiger partial charge in [-0.3, -0.25) is 4.79 Å². The maximum Gasteiger partial charge on any atom is 0.162 e. The first-order valence-electron chi connectivity index (χ1n) is 6.25. The lowest BCUT2D eigenvalue weighted by atomic mass is 10.0. The number of hydrogen-bond acceptors (Lipinski definition) is 1. The van der Waals surface area contributed by atoms with E-state index in [-0.39, 0.29) is 0 Å². The van der Waals surface area contributed by atoms with Gasteiger partial charge in [-0.05, 0) is 37.5 Å². The molecule has 1 heteroatoms. The van der Waals surface area contributed by atoms with E-state index in [0.29, 0.717) is 12.2 Å². The van der Waals surface area contributed by atoms with Crippen molar-refractivity contribution < 1.29 is 4.79 Å². The van der Waals surface area contributed by atoms with Crippen molar-refractivity contribution in [3.63, 3.8) is 0 Å². The van der Waals surface area contributed by atoms with Gasteiger partial charge in [-0.2, -0.15) is 0 Å². The Kier molecular flexibility index (Phi) is 5.24. The summed E-state index contributed by atoms with van der Waals surface area (Å²) < 4.78 is 0. The molecule has 0 aliphatic carbocycles. The second kappa shape index (κ2) is 6.47. The van der Waals surface area contributed by atoms with Crippen molar-refractivity contribution in [2.75, 3.05) is 0 Å². The molecule has 0 aliphatic heterocycles. The van der Waals surface area contributed by atoms with Crippen LogP contribution in [-0.4, -0.2) is 5.78 Å². The molecule has 0 unspecified atom stereocenters. The summed E-state index contributed by atoms with van der Waals surface area (Å²) in [5, 5.41) is 0. The minimum absolute atomic E-state index is 0.291. The Morgan fingerprint density at radius 2 is 1.81 bits per heavy atom. The third-order valence-corrected chi connectivity index (χ3v) is 3.09. The van der Waals surface area contributed by atoms with Crippen LogP contribution in [0, 0.1) is 13.8 Å². The topological polar surface area (TPSA) is 17.1 Å². The Morgan fingerprint density at radius 1 is 1.06 bits per heavy atom.